The molecule has 3 nitrogen and oxygen atoms in total. The Morgan fingerprint density at radius 3 is 2.73 bits per heavy atom. The van der Waals surface area contributed by atoms with Gasteiger partial charge in [0.05, 0.1) is 6.54 Å². The number of ketones is 1. The number of benzene rings is 1. The van der Waals surface area contributed by atoms with E-state index in [4.69, 9.17) is 5.73 Å². The third kappa shape index (κ3) is 1.89. The second-order valence-electron chi connectivity index (χ2n) is 3.30. The average molecular weight is 225 g/mol. The lowest BCUT2D eigenvalue weighted by Crippen LogP contribution is -2.12. The number of hydrogen-bond donors (Lipinski definition) is 1. The van der Waals surface area contributed by atoms with Crippen LogP contribution in [0.2, 0.25) is 0 Å². The highest BCUT2D eigenvalue weighted by molar-refractivity contribution is 6.08. The first-order valence-corrected chi connectivity index (χ1v) is 4.51. The van der Waals surface area contributed by atoms with Crippen LogP contribution in [0.5, 0.6) is 0 Å². The summed E-state index contributed by atoms with van der Waals surface area (Å²) in [6.45, 7) is 0.0635. The summed E-state index contributed by atoms with van der Waals surface area (Å²) < 4.78 is 1.94. The molecular formula is C11H13ClN2O. The molecule has 15 heavy (non-hydrogen) atoms. The Kier molecular flexibility index (Phi) is 3.50. The van der Waals surface area contributed by atoms with Crippen molar-refractivity contribution < 1.29 is 4.79 Å². The van der Waals surface area contributed by atoms with Crippen molar-refractivity contribution in [1.29, 1.82) is 0 Å². The largest absolute Gasteiger partial charge is 0.350 e. The van der Waals surface area contributed by atoms with Crippen molar-refractivity contribution in [2.24, 2.45) is 12.8 Å². The number of Topliss-reactive ketones (excluding diaryl/α,β-unsaturated/α-hetero) is 1. The summed E-state index contributed by atoms with van der Waals surface area (Å²) >= 11 is 0. The van der Waals surface area contributed by atoms with Gasteiger partial charge in [0.2, 0.25) is 0 Å². The second-order valence-corrected chi connectivity index (χ2v) is 3.30. The van der Waals surface area contributed by atoms with Crippen molar-refractivity contribution in [3.05, 3.63) is 36.0 Å². The zero-order valence-electron chi connectivity index (χ0n) is 8.43. The van der Waals surface area contributed by atoms with E-state index in [2.05, 4.69) is 0 Å². The predicted octanol–water partition coefficient (Wildman–Crippen LogP) is 1.74. The number of aryl methyl sites for hydroxylation is 1. The summed E-state index contributed by atoms with van der Waals surface area (Å²) in [6, 6.07) is 7.82. The Bertz CT molecular complexity index is 490. The molecule has 0 saturated heterocycles. The van der Waals surface area contributed by atoms with E-state index in [1.54, 1.807) is 0 Å². The molecule has 0 atom stereocenters. The average Bonchev–Trinajstić information content (AvgIpc) is 2.56. The molecule has 1 aromatic carbocycles. The predicted molar refractivity (Wildman–Crippen MR) is 63.6 cm³/mol. The molecule has 0 aliphatic heterocycles. The highest BCUT2D eigenvalue weighted by Crippen LogP contribution is 2.20. The van der Waals surface area contributed by atoms with Gasteiger partial charge in [-0.25, -0.2) is 0 Å². The maximum atomic E-state index is 11.5. The van der Waals surface area contributed by atoms with Crippen LogP contribution in [0.1, 0.15) is 10.4 Å². The molecular weight excluding hydrogens is 212 g/mol. The summed E-state index contributed by atoms with van der Waals surface area (Å²) in [7, 11) is 1.93. The van der Waals surface area contributed by atoms with Crippen molar-refractivity contribution in [3.8, 4) is 0 Å². The Hall–Kier alpha value is -1.32. The Morgan fingerprint density at radius 2 is 2.07 bits per heavy atom. The molecule has 0 unspecified atom stereocenters. The smallest absolute Gasteiger partial charge is 0.178 e. The van der Waals surface area contributed by atoms with Crippen LogP contribution >= 0.6 is 12.4 Å². The Balaban J connectivity index is 0.00000112. The van der Waals surface area contributed by atoms with Gasteiger partial charge in [-0.1, -0.05) is 18.2 Å². The zero-order chi connectivity index (χ0) is 10.1. The summed E-state index contributed by atoms with van der Waals surface area (Å²) in [5.74, 6) is -0.0122. The molecule has 2 rings (SSSR count). The third-order valence-electron chi connectivity index (χ3n) is 2.38. The van der Waals surface area contributed by atoms with Gasteiger partial charge in [-0.2, -0.15) is 0 Å². The number of nitrogens with two attached hydrogens (primary N) is 1. The number of hydrogen-bond acceptors (Lipinski definition) is 2. The molecule has 0 aliphatic carbocycles. The first-order valence-electron chi connectivity index (χ1n) is 4.51. The number of nitrogens with zero attached hydrogens (tertiary/aromatic N) is 1. The van der Waals surface area contributed by atoms with Gasteiger partial charge in [0.25, 0.3) is 0 Å². The molecule has 80 valence electrons. The van der Waals surface area contributed by atoms with Crippen molar-refractivity contribution >= 4 is 29.1 Å². The minimum atomic E-state index is -0.0122. The summed E-state index contributed by atoms with van der Waals surface area (Å²) in [6.07, 6.45) is 1.83. The van der Waals surface area contributed by atoms with E-state index in [0.717, 1.165) is 10.9 Å². The first kappa shape index (κ1) is 11.8. The van der Waals surface area contributed by atoms with E-state index in [9.17, 15) is 4.79 Å². The molecule has 4 heteroatoms. The highest BCUT2D eigenvalue weighted by atomic mass is 35.5. The van der Waals surface area contributed by atoms with Gasteiger partial charge in [0, 0.05) is 29.7 Å². The van der Waals surface area contributed by atoms with Gasteiger partial charge in [0.15, 0.2) is 5.78 Å². The molecule has 0 fully saturated rings. The van der Waals surface area contributed by atoms with Crippen LogP contribution in [-0.2, 0) is 7.05 Å². The van der Waals surface area contributed by atoms with Gasteiger partial charge in [-0.15, -0.1) is 12.4 Å². The quantitative estimate of drug-likeness (QED) is 0.790. The number of rotatable bonds is 2. The molecule has 0 radical (unpaired) electrons. The Labute approximate surface area is 94.3 Å². The fourth-order valence-corrected chi connectivity index (χ4v) is 1.67. The van der Waals surface area contributed by atoms with Crippen molar-refractivity contribution in [2.45, 2.75) is 0 Å². The minimum absolute atomic E-state index is 0. The Morgan fingerprint density at radius 1 is 1.40 bits per heavy atom. The van der Waals surface area contributed by atoms with Crippen molar-refractivity contribution in [2.75, 3.05) is 6.54 Å². The third-order valence-corrected chi connectivity index (χ3v) is 2.38. The molecule has 0 aliphatic rings. The lowest BCUT2D eigenvalue weighted by Gasteiger charge is -1.94. The number of carbonyl (C=O) groups is 1. The van der Waals surface area contributed by atoms with Crippen LogP contribution in [0, 0.1) is 0 Å². The zero-order valence-corrected chi connectivity index (χ0v) is 9.25. The SMILES string of the molecule is Cl.Cn1cc(C(=O)CN)c2ccccc21. The first-order chi connectivity index (χ1) is 6.74. The van der Waals surface area contributed by atoms with Crippen LogP contribution in [0.15, 0.2) is 30.5 Å². The van der Waals surface area contributed by atoms with Crippen LogP contribution in [0.4, 0.5) is 0 Å². The van der Waals surface area contributed by atoms with Crippen molar-refractivity contribution in [3.63, 3.8) is 0 Å². The lowest BCUT2D eigenvalue weighted by molar-refractivity contribution is 0.100. The van der Waals surface area contributed by atoms with Crippen LogP contribution in [0.25, 0.3) is 10.9 Å². The van der Waals surface area contributed by atoms with Gasteiger partial charge >= 0.3 is 0 Å². The van der Waals surface area contributed by atoms with E-state index in [0.29, 0.717) is 5.56 Å². The van der Waals surface area contributed by atoms with E-state index in [-0.39, 0.29) is 24.7 Å². The van der Waals surface area contributed by atoms with Gasteiger partial charge in [0.1, 0.15) is 0 Å². The minimum Gasteiger partial charge on any atom is -0.350 e. The molecule has 0 saturated carbocycles. The topological polar surface area (TPSA) is 48.0 Å². The fraction of sp³-hybridized carbons (Fsp3) is 0.182. The second kappa shape index (κ2) is 4.47. The lowest BCUT2D eigenvalue weighted by atomic mass is 10.1. The van der Waals surface area contributed by atoms with E-state index in [1.165, 1.54) is 0 Å². The monoisotopic (exact) mass is 224 g/mol. The highest BCUT2D eigenvalue weighted by Gasteiger charge is 2.11. The molecule has 0 bridgehead atoms. The summed E-state index contributed by atoms with van der Waals surface area (Å²) in [4.78, 5) is 11.5. The normalized spacial score (nSPS) is 10.0. The van der Waals surface area contributed by atoms with Crippen LogP contribution in [0.3, 0.4) is 0 Å². The molecule has 0 amide bonds. The van der Waals surface area contributed by atoms with E-state index >= 15 is 0 Å². The van der Waals surface area contributed by atoms with Gasteiger partial charge in [-0.3, -0.25) is 4.79 Å². The molecule has 2 aromatic rings. The maximum absolute atomic E-state index is 11.5. The van der Waals surface area contributed by atoms with Crippen molar-refractivity contribution in [1.82, 2.24) is 4.57 Å². The summed E-state index contributed by atoms with van der Waals surface area (Å²) in [5, 5.41) is 0.977. The summed E-state index contributed by atoms with van der Waals surface area (Å²) in [5.41, 5.74) is 7.12. The number of para-hydroxylation sites is 1. The van der Waals surface area contributed by atoms with Gasteiger partial charge in [-0.05, 0) is 6.07 Å². The van der Waals surface area contributed by atoms with Crippen LogP contribution < -0.4 is 5.73 Å². The molecule has 1 aromatic heterocycles. The molecule has 2 N–H and O–H groups in total. The van der Waals surface area contributed by atoms with E-state index < -0.39 is 0 Å². The maximum Gasteiger partial charge on any atom is 0.178 e. The number of fused-ring (bicyclic) bond motifs is 1. The molecule has 0 spiro atoms. The number of carbonyl (C=O) groups excluding carboxylic acids is 1. The van der Waals surface area contributed by atoms with E-state index in [1.807, 2.05) is 42.1 Å². The molecule has 1 heterocycles. The standard InChI is InChI=1S/C11H12N2O.ClH/c1-13-7-9(11(14)6-12)8-4-2-3-5-10(8)13;/h2-5,7H,6,12H2,1H3;1H. The number of aromatic nitrogens is 1. The number of halogens is 1. The fourth-order valence-electron chi connectivity index (χ4n) is 1.67. The van der Waals surface area contributed by atoms with Gasteiger partial charge < -0.3 is 10.3 Å². The van der Waals surface area contributed by atoms with Crippen LogP contribution in [-0.4, -0.2) is 16.9 Å².